The maximum atomic E-state index is 13.1. The second-order valence-electron chi connectivity index (χ2n) is 8.18. The molecule has 0 spiro atoms. The van der Waals surface area contributed by atoms with E-state index in [1.165, 1.54) is 69.8 Å². The number of hydrogen-bond acceptors (Lipinski definition) is 0. The lowest BCUT2D eigenvalue weighted by Crippen LogP contribution is -2.25. The fourth-order valence-electron chi connectivity index (χ4n) is 5.31. The molecule has 4 rings (SSSR count). The normalized spacial score (nSPS) is 36.2. The van der Waals surface area contributed by atoms with Crippen LogP contribution < -0.4 is 0 Å². The molecule has 120 valence electrons. The van der Waals surface area contributed by atoms with Crippen molar-refractivity contribution in [3.63, 3.8) is 0 Å². The fraction of sp³-hybridized carbons (Fsp3) is 0.714. The van der Waals surface area contributed by atoms with Crippen LogP contribution in [0.2, 0.25) is 0 Å². The van der Waals surface area contributed by atoms with Crippen molar-refractivity contribution in [1.82, 2.24) is 0 Å². The molecule has 22 heavy (non-hydrogen) atoms. The lowest BCUT2D eigenvalue weighted by atomic mass is 9.68. The minimum absolute atomic E-state index is 0.107. The Hall–Kier alpha value is -0.850. The summed E-state index contributed by atoms with van der Waals surface area (Å²) in [7, 11) is 0. The summed E-state index contributed by atoms with van der Waals surface area (Å²) in [4.78, 5) is 0. The molecule has 0 aromatic heterocycles. The quantitative estimate of drug-likeness (QED) is 0.613. The van der Waals surface area contributed by atoms with E-state index in [-0.39, 0.29) is 5.82 Å². The van der Waals surface area contributed by atoms with E-state index in [0.717, 1.165) is 23.7 Å². The van der Waals surface area contributed by atoms with Gasteiger partial charge in [0.1, 0.15) is 5.82 Å². The Morgan fingerprint density at radius 1 is 0.545 bits per heavy atom. The third-order valence-corrected chi connectivity index (χ3v) is 6.89. The molecule has 3 fully saturated rings. The third-order valence-electron chi connectivity index (χ3n) is 6.89. The zero-order valence-electron chi connectivity index (χ0n) is 13.6. The summed E-state index contributed by atoms with van der Waals surface area (Å²) in [5.41, 5.74) is 1.36. The summed E-state index contributed by atoms with van der Waals surface area (Å²) in [6.07, 6.45) is 14.6. The summed E-state index contributed by atoms with van der Waals surface area (Å²) in [6.45, 7) is 0. The van der Waals surface area contributed by atoms with E-state index in [1.54, 1.807) is 12.1 Å². The van der Waals surface area contributed by atoms with Crippen molar-refractivity contribution in [1.29, 1.82) is 0 Å². The van der Waals surface area contributed by atoms with Crippen LogP contribution in [0.15, 0.2) is 24.3 Å². The molecule has 0 unspecified atom stereocenters. The molecule has 0 aliphatic heterocycles. The molecular weight excluding hydrogens is 271 g/mol. The first-order valence-electron chi connectivity index (χ1n) is 9.55. The first kappa shape index (κ1) is 14.7. The van der Waals surface area contributed by atoms with Crippen molar-refractivity contribution in [3.8, 4) is 0 Å². The van der Waals surface area contributed by atoms with Crippen LogP contribution >= 0.6 is 0 Å². The molecule has 3 aliphatic carbocycles. The molecule has 0 radical (unpaired) electrons. The molecule has 1 aromatic carbocycles. The smallest absolute Gasteiger partial charge is 0.123 e. The maximum absolute atomic E-state index is 13.1. The largest absolute Gasteiger partial charge is 0.207 e. The van der Waals surface area contributed by atoms with E-state index in [9.17, 15) is 4.39 Å². The van der Waals surface area contributed by atoms with Gasteiger partial charge in [0, 0.05) is 0 Å². The molecule has 0 bridgehead atoms. The number of halogens is 1. The monoisotopic (exact) mass is 300 g/mol. The summed E-state index contributed by atoms with van der Waals surface area (Å²) in [5, 5.41) is 0. The molecule has 1 heteroatoms. The van der Waals surface area contributed by atoms with E-state index in [4.69, 9.17) is 0 Å². The van der Waals surface area contributed by atoms with Crippen LogP contribution in [-0.2, 0) is 0 Å². The SMILES string of the molecule is Fc1ccc(C2CCC(C3CCC(C4CC4)CC3)CC2)cc1. The highest BCUT2D eigenvalue weighted by Gasteiger charge is 2.36. The highest BCUT2D eigenvalue weighted by molar-refractivity contribution is 5.21. The van der Waals surface area contributed by atoms with Gasteiger partial charge in [0.2, 0.25) is 0 Å². The molecule has 0 nitrogen and oxygen atoms in total. The van der Waals surface area contributed by atoms with E-state index in [1.807, 2.05) is 12.1 Å². The lowest BCUT2D eigenvalue weighted by molar-refractivity contribution is 0.152. The zero-order valence-corrected chi connectivity index (χ0v) is 13.6. The van der Waals surface area contributed by atoms with Crippen LogP contribution in [0.25, 0.3) is 0 Å². The Morgan fingerprint density at radius 3 is 1.32 bits per heavy atom. The first-order valence-corrected chi connectivity index (χ1v) is 9.55. The van der Waals surface area contributed by atoms with Gasteiger partial charge in [-0.25, -0.2) is 4.39 Å². The van der Waals surface area contributed by atoms with Gasteiger partial charge in [-0.15, -0.1) is 0 Å². The van der Waals surface area contributed by atoms with Crippen LogP contribution in [0.5, 0.6) is 0 Å². The lowest BCUT2D eigenvalue weighted by Gasteiger charge is -2.38. The first-order chi connectivity index (χ1) is 10.8. The molecule has 0 N–H and O–H groups in total. The minimum Gasteiger partial charge on any atom is -0.207 e. The second kappa shape index (κ2) is 6.34. The minimum atomic E-state index is -0.107. The van der Waals surface area contributed by atoms with Gasteiger partial charge in [-0.05, 0) is 111 Å². The number of hydrogen-bond donors (Lipinski definition) is 0. The standard InChI is InChI=1S/C21H29F/c22-21-13-11-20(12-14-21)19-9-7-18(8-10-19)17-5-3-16(4-6-17)15-1-2-15/h11-19H,1-10H2. The third kappa shape index (κ3) is 3.24. The summed E-state index contributed by atoms with van der Waals surface area (Å²) >= 11 is 0. The summed E-state index contributed by atoms with van der Waals surface area (Å²) < 4.78 is 13.1. The second-order valence-corrected chi connectivity index (χ2v) is 8.18. The van der Waals surface area contributed by atoms with Crippen LogP contribution in [0.4, 0.5) is 4.39 Å². The van der Waals surface area contributed by atoms with E-state index >= 15 is 0 Å². The Morgan fingerprint density at radius 2 is 0.909 bits per heavy atom. The highest BCUT2D eigenvalue weighted by Crippen LogP contribution is 2.49. The van der Waals surface area contributed by atoms with Gasteiger partial charge < -0.3 is 0 Å². The van der Waals surface area contributed by atoms with E-state index < -0.39 is 0 Å². The van der Waals surface area contributed by atoms with Gasteiger partial charge in [0.05, 0.1) is 0 Å². The molecular formula is C21H29F. The van der Waals surface area contributed by atoms with Crippen LogP contribution in [0.3, 0.4) is 0 Å². The Balaban J connectivity index is 1.27. The van der Waals surface area contributed by atoms with Crippen molar-refractivity contribution in [3.05, 3.63) is 35.6 Å². The fourth-order valence-corrected chi connectivity index (χ4v) is 5.31. The molecule has 3 saturated carbocycles. The zero-order chi connectivity index (χ0) is 14.9. The summed E-state index contributed by atoms with van der Waals surface area (Å²) in [5.74, 6) is 4.78. The predicted octanol–water partition coefficient (Wildman–Crippen LogP) is 6.32. The van der Waals surface area contributed by atoms with Crippen LogP contribution in [0.1, 0.15) is 75.7 Å². The average molecular weight is 300 g/mol. The van der Waals surface area contributed by atoms with Crippen molar-refractivity contribution in [2.75, 3.05) is 0 Å². The Kier molecular flexibility index (Phi) is 4.24. The van der Waals surface area contributed by atoms with Crippen molar-refractivity contribution >= 4 is 0 Å². The molecule has 1 aromatic rings. The van der Waals surface area contributed by atoms with Crippen molar-refractivity contribution < 1.29 is 4.39 Å². The predicted molar refractivity (Wildman–Crippen MR) is 89.3 cm³/mol. The molecule has 0 heterocycles. The summed E-state index contributed by atoms with van der Waals surface area (Å²) in [6, 6.07) is 7.25. The van der Waals surface area contributed by atoms with E-state index in [2.05, 4.69) is 0 Å². The van der Waals surface area contributed by atoms with Gasteiger partial charge in [0.25, 0.3) is 0 Å². The van der Waals surface area contributed by atoms with Gasteiger partial charge >= 0.3 is 0 Å². The Bertz CT molecular complexity index is 471. The molecule has 0 saturated heterocycles. The van der Waals surface area contributed by atoms with Gasteiger partial charge in [-0.3, -0.25) is 0 Å². The Labute approximate surface area is 134 Å². The number of rotatable bonds is 3. The van der Waals surface area contributed by atoms with Crippen LogP contribution in [-0.4, -0.2) is 0 Å². The van der Waals surface area contributed by atoms with E-state index in [0.29, 0.717) is 5.92 Å². The van der Waals surface area contributed by atoms with Gasteiger partial charge in [0.15, 0.2) is 0 Å². The topological polar surface area (TPSA) is 0 Å². The molecule has 0 amide bonds. The van der Waals surface area contributed by atoms with Crippen molar-refractivity contribution in [2.24, 2.45) is 23.7 Å². The maximum Gasteiger partial charge on any atom is 0.123 e. The van der Waals surface area contributed by atoms with Crippen molar-refractivity contribution in [2.45, 2.75) is 70.1 Å². The average Bonchev–Trinajstić information content (AvgIpc) is 3.41. The van der Waals surface area contributed by atoms with Gasteiger partial charge in [-0.2, -0.15) is 0 Å². The highest BCUT2D eigenvalue weighted by atomic mass is 19.1. The number of benzene rings is 1. The molecule has 3 aliphatic rings. The van der Waals surface area contributed by atoms with Crippen LogP contribution in [0, 0.1) is 29.5 Å². The van der Waals surface area contributed by atoms with Gasteiger partial charge in [-0.1, -0.05) is 12.1 Å². The molecule has 0 atom stereocenters.